The first-order chi connectivity index (χ1) is 8.70. The van der Waals surface area contributed by atoms with E-state index in [1.54, 1.807) is 29.7 Å². The monoisotopic (exact) mass is 324 g/mol. The van der Waals surface area contributed by atoms with Gasteiger partial charge in [-0.2, -0.15) is 0 Å². The molecule has 0 bridgehead atoms. The average molecular weight is 325 g/mol. The first kappa shape index (κ1) is 13.2. The Hall–Kier alpha value is -1.20. The molecule has 0 aliphatic carbocycles. The highest BCUT2D eigenvalue weighted by Gasteiger charge is 2.15. The number of pyridine rings is 1. The fraction of sp³-hybridized carbons (Fsp3) is 0.231. The van der Waals surface area contributed by atoms with Crippen LogP contribution in [0.1, 0.15) is 22.2 Å². The third-order valence-corrected chi connectivity index (χ3v) is 3.90. The Morgan fingerprint density at radius 1 is 1.44 bits per heavy atom. The molecule has 0 aliphatic heterocycles. The lowest BCUT2D eigenvalue weighted by Crippen LogP contribution is -2.30. The summed E-state index contributed by atoms with van der Waals surface area (Å²) in [5, 5.41) is 2.02. The van der Waals surface area contributed by atoms with Crippen LogP contribution in [0.15, 0.2) is 40.4 Å². The Kier molecular flexibility index (Phi) is 4.49. The first-order valence-corrected chi connectivity index (χ1v) is 7.31. The minimum atomic E-state index is 0.0194. The van der Waals surface area contributed by atoms with Gasteiger partial charge in [0.2, 0.25) is 0 Å². The van der Waals surface area contributed by atoms with Crippen LogP contribution in [0.25, 0.3) is 0 Å². The molecule has 0 aromatic carbocycles. The van der Waals surface area contributed by atoms with Crippen molar-refractivity contribution in [1.29, 1.82) is 0 Å². The predicted molar refractivity (Wildman–Crippen MR) is 76.7 cm³/mol. The van der Waals surface area contributed by atoms with E-state index >= 15 is 0 Å². The molecule has 0 aliphatic rings. The van der Waals surface area contributed by atoms with E-state index in [4.69, 9.17) is 0 Å². The van der Waals surface area contributed by atoms with Crippen molar-refractivity contribution in [3.63, 3.8) is 0 Å². The Bertz CT molecular complexity index is 510. The third kappa shape index (κ3) is 3.17. The van der Waals surface area contributed by atoms with Gasteiger partial charge in [0.05, 0.1) is 12.1 Å². The van der Waals surface area contributed by atoms with Crippen LogP contribution in [0.4, 0.5) is 0 Å². The quantitative estimate of drug-likeness (QED) is 0.805. The van der Waals surface area contributed by atoms with Crippen LogP contribution >= 0.6 is 27.3 Å². The Morgan fingerprint density at radius 3 is 2.83 bits per heavy atom. The molecule has 0 radical (unpaired) electrons. The van der Waals surface area contributed by atoms with Gasteiger partial charge in [0.25, 0.3) is 5.91 Å². The van der Waals surface area contributed by atoms with Crippen LogP contribution < -0.4 is 0 Å². The molecule has 0 N–H and O–H groups in total. The second kappa shape index (κ2) is 6.11. The molecule has 1 amide bonds. The molecule has 2 aromatic rings. The zero-order valence-corrected chi connectivity index (χ0v) is 12.4. The van der Waals surface area contributed by atoms with E-state index in [0.29, 0.717) is 18.7 Å². The van der Waals surface area contributed by atoms with Crippen LogP contribution in [0.3, 0.4) is 0 Å². The largest absolute Gasteiger partial charge is 0.334 e. The number of nitrogens with zero attached hydrogens (tertiary/aromatic N) is 2. The van der Waals surface area contributed by atoms with Crippen molar-refractivity contribution in [3.05, 3.63) is 50.9 Å². The maximum Gasteiger partial charge on any atom is 0.255 e. The summed E-state index contributed by atoms with van der Waals surface area (Å²) >= 11 is 4.93. The van der Waals surface area contributed by atoms with Crippen LogP contribution in [0.2, 0.25) is 0 Å². The minimum Gasteiger partial charge on any atom is -0.334 e. The van der Waals surface area contributed by atoms with Gasteiger partial charge in [0.1, 0.15) is 4.60 Å². The van der Waals surface area contributed by atoms with Gasteiger partial charge in [-0.1, -0.05) is 6.07 Å². The lowest BCUT2D eigenvalue weighted by Gasteiger charge is -2.20. The molecule has 0 saturated carbocycles. The Balaban J connectivity index is 2.12. The third-order valence-electron chi connectivity index (χ3n) is 2.57. The molecule has 0 unspecified atom stereocenters. The number of rotatable bonds is 4. The number of thiophene rings is 1. The zero-order chi connectivity index (χ0) is 13.0. The maximum atomic E-state index is 12.3. The van der Waals surface area contributed by atoms with Gasteiger partial charge >= 0.3 is 0 Å². The summed E-state index contributed by atoms with van der Waals surface area (Å²) in [5.41, 5.74) is 0.622. The number of hydrogen-bond acceptors (Lipinski definition) is 3. The van der Waals surface area contributed by atoms with Crippen LogP contribution in [0.5, 0.6) is 0 Å². The van der Waals surface area contributed by atoms with E-state index in [2.05, 4.69) is 20.9 Å². The molecule has 2 aromatic heterocycles. The number of amides is 1. The SMILES string of the molecule is CCN(Cc1cccs1)C(=O)c1ccc(Br)nc1. The summed E-state index contributed by atoms with van der Waals surface area (Å²) < 4.78 is 0.736. The van der Waals surface area contributed by atoms with Crippen molar-refractivity contribution in [2.75, 3.05) is 6.54 Å². The highest BCUT2D eigenvalue weighted by molar-refractivity contribution is 9.10. The normalized spacial score (nSPS) is 10.3. The second-order valence-corrected chi connectivity index (χ2v) is 5.61. The van der Waals surface area contributed by atoms with Crippen molar-refractivity contribution in [1.82, 2.24) is 9.88 Å². The number of carbonyl (C=O) groups is 1. The van der Waals surface area contributed by atoms with Crippen LogP contribution in [0, 0.1) is 0 Å². The molecule has 0 saturated heterocycles. The van der Waals surface area contributed by atoms with Gasteiger partial charge in [0.15, 0.2) is 0 Å². The van der Waals surface area contributed by atoms with Gasteiger partial charge < -0.3 is 4.90 Å². The van der Waals surface area contributed by atoms with E-state index in [0.717, 1.165) is 4.60 Å². The number of carbonyl (C=O) groups excluding carboxylic acids is 1. The molecule has 5 heteroatoms. The summed E-state index contributed by atoms with van der Waals surface area (Å²) in [6.45, 7) is 3.33. The minimum absolute atomic E-state index is 0.0194. The second-order valence-electron chi connectivity index (χ2n) is 3.77. The van der Waals surface area contributed by atoms with Crippen LogP contribution in [-0.4, -0.2) is 22.3 Å². The molecule has 0 spiro atoms. The topological polar surface area (TPSA) is 33.2 Å². The highest BCUT2D eigenvalue weighted by Crippen LogP contribution is 2.14. The van der Waals surface area contributed by atoms with Gasteiger partial charge in [-0.15, -0.1) is 11.3 Å². The van der Waals surface area contributed by atoms with Crippen molar-refractivity contribution in [2.45, 2.75) is 13.5 Å². The number of hydrogen-bond donors (Lipinski definition) is 0. The fourth-order valence-electron chi connectivity index (χ4n) is 1.60. The van der Waals surface area contributed by atoms with E-state index in [-0.39, 0.29) is 5.91 Å². The number of aromatic nitrogens is 1. The van der Waals surface area contributed by atoms with E-state index in [1.807, 2.05) is 29.3 Å². The van der Waals surface area contributed by atoms with Gasteiger partial charge in [0, 0.05) is 17.6 Å². The lowest BCUT2D eigenvalue weighted by atomic mass is 10.2. The smallest absolute Gasteiger partial charge is 0.255 e. The van der Waals surface area contributed by atoms with Crippen molar-refractivity contribution >= 4 is 33.2 Å². The van der Waals surface area contributed by atoms with Crippen molar-refractivity contribution in [2.24, 2.45) is 0 Å². The van der Waals surface area contributed by atoms with Gasteiger partial charge in [-0.3, -0.25) is 4.79 Å². The van der Waals surface area contributed by atoms with Gasteiger partial charge in [-0.25, -0.2) is 4.98 Å². The summed E-state index contributed by atoms with van der Waals surface area (Å²) in [4.78, 5) is 19.4. The molecule has 0 atom stereocenters. The molecule has 0 fully saturated rings. The van der Waals surface area contributed by atoms with E-state index < -0.39 is 0 Å². The van der Waals surface area contributed by atoms with Crippen molar-refractivity contribution in [3.8, 4) is 0 Å². The standard InChI is InChI=1S/C13H13BrN2OS/c1-2-16(9-11-4-3-7-18-11)13(17)10-5-6-12(14)15-8-10/h3-8H,2,9H2,1H3. The average Bonchev–Trinajstić information content (AvgIpc) is 2.89. The van der Waals surface area contributed by atoms with E-state index in [1.165, 1.54) is 4.88 Å². The summed E-state index contributed by atoms with van der Waals surface area (Å²) in [7, 11) is 0. The lowest BCUT2D eigenvalue weighted by molar-refractivity contribution is 0.0753. The first-order valence-electron chi connectivity index (χ1n) is 5.64. The Labute approximate surface area is 119 Å². The zero-order valence-electron chi connectivity index (χ0n) is 9.97. The number of halogens is 1. The fourth-order valence-corrected chi connectivity index (χ4v) is 2.56. The molecular formula is C13H13BrN2OS. The molecule has 2 heterocycles. The summed E-state index contributed by atoms with van der Waals surface area (Å²) in [6, 6.07) is 7.61. The molecule has 94 valence electrons. The van der Waals surface area contributed by atoms with Gasteiger partial charge in [-0.05, 0) is 46.4 Å². The summed E-state index contributed by atoms with van der Waals surface area (Å²) in [6.07, 6.45) is 1.60. The highest BCUT2D eigenvalue weighted by atomic mass is 79.9. The molecular weight excluding hydrogens is 312 g/mol. The molecule has 3 nitrogen and oxygen atoms in total. The maximum absolute atomic E-state index is 12.3. The summed E-state index contributed by atoms with van der Waals surface area (Å²) in [5.74, 6) is 0.0194. The van der Waals surface area contributed by atoms with Crippen molar-refractivity contribution < 1.29 is 4.79 Å². The molecule has 18 heavy (non-hydrogen) atoms. The Morgan fingerprint density at radius 2 is 2.28 bits per heavy atom. The van der Waals surface area contributed by atoms with Crippen LogP contribution in [-0.2, 0) is 6.54 Å². The predicted octanol–water partition coefficient (Wildman–Crippen LogP) is 3.57. The van der Waals surface area contributed by atoms with E-state index in [9.17, 15) is 4.79 Å². The molecule has 2 rings (SSSR count).